The van der Waals surface area contributed by atoms with E-state index < -0.39 is 16.2 Å². The number of aliphatic hydroxyl groups is 3. The summed E-state index contributed by atoms with van der Waals surface area (Å²) in [5.74, 6) is 1.38. The van der Waals surface area contributed by atoms with Crippen molar-refractivity contribution in [2.75, 3.05) is 39.5 Å². The lowest BCUT2D eigenvalue weighted by Crippen LogP contribution is -2.62. The van der Waals surface area contributed by atoms with Crippen molar-refractivity contribution in [2.24, 2.45) is 46.3 Å². The summed E-state index contributed by atoms with van der Waals surface area (Å²) in [6, 6.07) is 0. The number of fused-ring (bicyclic) bond motifs is 5. The zero-order valence-corrected chi connectivity index (χ0v) is 27.9. The predicted molar refractivity (Wildman–Crippen MR) is 165 cm³/mol. The molecule has 4 rings (SSSR count). The number of rotatable bonds is 12. The summed E-state index contributed by atoms with van der Waals surface area (Å²) in [6.45, 7) is 8.78. The van der Waals surface area contributed by atoms with Gasteiger partial charge in [-0.3, -0.25) is 4.79 Å². The van der Waals surface area contributed by atoms with Crippen LogP contribution in [0.4, 0.5) is 0 Å². The van der Waals surface area contributed by atoms with Gasteiger partial charge in [-0.25, -0.2) is 8.42 Å². The Morgan fingerprint density at radius 3 is 2.37 bits per heavy atom. The first-order valence-electron chi connectivity index (χ1n) is 16.5. The van der Waals surface area contributed by atoms with Crippen LogP contribution >= 0.6 is 0 Å². The van der Waals surface area contributed by atoms with Crippen molar-refractivity contribution in [3.05, 3.63) is 0 Å². The molecule has 0 aliphatic heterocycles. The third-order valence-corrected chi connectivity index (χ3v) is 13.6. The van der Waals surface area contributed by atoms with Crippen LogP contribution < -0.4 is 5.32 Å². The van der Waals surface area contributed by atoms with Crippen LogP contribution in [-0.4, -0.2) is 102 Å². The number of carbonyl (C=O) groups excluding carboxylic acids is 1. The van der Waals surface area contributed by atoms with Crippen LogP contribution in [0, 0.1) is 46.3 Å². The van der Waals surface area contributed by atoms with Crippen molar-refractivity contribution in [3.8, 4) is 0 Å². The first-order valence-corrected chi connectivity index (χ1v) is 18.1. The van der Waals surface area contributed by atoms with E-state index in [-0.39, 0.29) is 57.9 Å². The number of aliphatic hydroxyl groups excluding tert-OH is 3. The standard InChI is InChI=1S/C32H58N2O7S.H2O/c1-21(8-11-29(38)33-14-6-15-34(4,5)16-7-17-42(39,40)41)24-9-10-25-30-26(20-28(37)32(24,25)3)31(2)13-12-23(35)18-22(31)19-27(30)36;/h21-28,30,35-37H,6-20H2,1-5H3,(H-,33,38,39,40,41);1H2/t21-,22?,23-,24-,25+,26+,27-,28+,30+,31+,32-;/m1./s1. The highest BCUT2D eigenvalue weighted by atomic mass is 32.2. The number of hydrogen-bond donors (Lipinski definition) is 4. The van der Waals surface area contributed by atoms with E-state index in [1.54, 1.807) is 0 Å². The van der Waals surface area contributed by atoms with E-state index in [9.17, 15) is 33.1 Å². The molecule has 0 heterocycles. The van der Waals surface area contributed by atoms with E-state index in [0.29, 0.717) is 48.2 Å². The number of hydrogen-bond acceptors (Lipinski definition) is 7. The monoisotopic (exact) mass is 632 g/mol. The van der Waals surface area contributed by atoms with Gasteiger partial charge in [0.25, 0.3) is 0 Å². The molecular weight excluding hydrogens is 572 g/mol. The number of nitrogens with zero attached hydrogens (tertiary/aromatic N) is 1. The van der Waals surface area contributed by atoms with Crippen LogP contribution in [0.2, 0.25) is 0 Å². The second-order valence-corrected chi connectivity index (χ2v) is 17.3. The second-order valence-electron chi connectivity index (χ2n) is 15.7. The molecule has 1 amide bonds. The number of amides is 1. The van der Waals surface area contributed by atoms with Crippen molar-refractivity contribution in [1.82, 2.24) is 5.32 Å². The Morgan fingerprint density at radius 2 is 1.70 bits per heavy atom. The summed E-state index contributed by atoms with van der Waals surface area (Å²) < 4.78 is 33.1. The molecule has 4 saturated carbocycles. The minimum Gasteiger partial charge on any atom is -0.748 e. The molecule has 0 aromatic rings. The summed E-state index contributed by atoms with van der Waals surface area (Å²) in [4.78, 5) is 12.7. The van der Waals surface area contributed by atoms with Crippen LogP contribution in [0.1, 0.15) is 91.4 Å². The van der Waals surface area contributed by atoms with Crippen LogP contribution in [0.5, 0.6) is 0 Å². The quantitative estimate of drug-likeness (QED) is 0.144. The molecule has 0 saturated heterocycles. The smallest absolute Gasteiger partial charge is 0.220 e. The highest BCUT2D eigenvalue weighted by Gasteiger charge is 2.65. The van der Waals surface area contributed by atoms with Crippen LogP contribution in [0.15, 0.2) is 0 Å². The molecule has 11 atom stereocenters. The molecule has 0 bridgehead atoms. The lowest BCUT2D eigenvalue weighted by molar-refractivity contribution is -0.890. The lowest BCUT2D eigenvalue weighted by Gasteiger charge is -2.63. The van der Waals surface area contributed by atoms with Crippen molar-refractivity contribution < 1.29 is 43.0 Å². The largest absolute Gasteiger partial charge is 0.748 e. The maximum absolute atomic E-state index is 12.7. The average Bonchev–Trinajstić information content (AvgIpc) is 3.24. The first kappa shape index (κ1) is 36.6. The normalized spacial score (nSPS) is 40.0. The van der Waals surface area contributed by atoms with Gasteiger partial charge in [0.1, 0.15) is 0 Å². The Morgan fingerprint density at radius 1 is 1.02 bits per heavy atom. The van der Waals surface area contributed by atoms with E-state index in [1.165, 1.54) is 0 Å². The van der Waals surface area contributed by atoms with Gasteiger partial charge in [-0.2, -0.15) is 0 Å². The number of nitrogens with one attached hydrogen (secondary N) is 1. The molecule has 4 aliphatic rings. The number of quaternary nitrogens is 1. The summed E-state index contributed by atoms with van der Waals surface area (Å²) in [5.41, 5.74) is -0.191. The average molecular weight is 633 g/mol. The molecule has 0 aromatic carbocycles. The fraction of sp³-hybridized carbons (Fsp3) is 0.969. The van der Waals surface area contributed by atoms with Gasteiger partial charge in [0.2, 0.25) is 5.91 Å². The zero-order valence-electron chi connectivity index (χ0n) is 27.1. The van der Waals surface area contributed by atoms with Crippen LogP contribution in [0.25, 0.3) is 0 Å². The van der Waals surface area contributed by atoms with Gasteiger partial charge in [0.15, 0.2) is 0 Å². The maximum Gasteiger partial charge on any atom is 0.220 e. The van der Waals surface area contributed by atoms with Crippen LogP contribution in [-0.2, 0) is 14.9 Å². The highest BCUT2D eigenvalue weighted by Crippen LogP contribution is 2.68. The Hall–Kier alpha value is -0.820. The predicted octanol–water partition coefficient (Wildman–Crippen LogP) is 2.06. The summed E-state index contributed by atoms with van der Waals surface area (Å²) in [5, 5.41) is 36.6. The lowest BCUT2D eigenvalue weighted by atomic mass is 9.43. The van der Waals surface area contributed by atoms with Gasteiger partial charge in [0, 0.05) is 31.6 Å². The molecule has 11 heteroatoms. The van der Waals surface area contributed by atoms with Crippen molar-refractivity contribution >= 4 is 16.0 Å². The minimum absolute atomic E-state index is 0. The van der Waals surface area contributed by atoms with E-state index >= 15 is 0 Å². The first-order chi connectivity index (χ1) is 19.5. The summed E-state index contributed by atoms with van der Waals surface area (Å²) in [7, 11) is -0.177. The van der Waals surface area contributed by atoms with Gasteiger partial charge in [-0.15, -0.1) is 0 Å². The van der Waals surface area contributed by atoms with E-state index in [4.69, 9.17) is 0 Å². The summed E-state index contributed by atoms with van der Waals surface area (Å²) >= 11 is 0. The maximum atomic E-state index is 12.7. The molecule has 0 radical (unpaired) electrons. The Kier molecular flexibility index (Phi) is 11.8. The molecule has 6 N–H and O–H groups in total. The Labute approximate surface area is 259 Å². The van der Waals surface area contributed by atoms with E-state index in [0.717, 1.165) is 64.3 Å². The van der Waals surface area contributed by atoms with E-state index in [2.05, 4.69) is 26.1 Å². The van der Waals surface area contributed by atoms with Gasteiger partial charge in [0.05, 0.1) is 55.6 Å². The number of carbonyl (C=O) groups is 1. The third-order valence-electron chi connectivity index (χ3n) is 12.8. The molecule has 252 valence electrons. The zero-order chi connectivity index (χ0) is 31.1. The van der Waals surface area contributed by atoms with Gasteiger partial charge < -0.3 is 35.1 Å². The second kappa shape index (κ2) is 13.9. The topological polar surface area (TPSA) is 178 Å². The fourth-order valence-corrected chi connectivity index (χ4v) is 10.8. The minimum atomic E-state index is -4.18. The van der Waals surface area contributed by atoms with Gasteiger partial charge in [-0.05, 0) is 97.7 Å². The van der Waals surface area contributed by atoms with Crippen molar-refractivity contribution in [3.63, 3.8) is 0 Å². The highest BCUT2D eigenvalue weighted by molar-refractivity contribution is 7.85. The van der Waals surface area contributed by atoms with Gasteiger partial charge in [-0.1, -0.05) is 20.8 Å². The molecule has 10 nitrogen and oxygen atoms in total. The third kappa shape index (κ3) is 7.95. The molecule has 4 fully saturated rings. The van der Waals surface area contributed by atoms with E-state index in [1.807, 2.05) is 14.1 Å². The molecule has 43 heavy (non-hydrogen) atoms. The molecule has 4 aliphatic carbocycles. The SMILES string of the molecule is C[C@H](CCC(=O)NCCC[N+](C)(C)CCCS(=O)(=O)[O-])[C@H]1CC[C@H]2[C@@H]3[C@H](O)CC4C[C@H](O)CC[C@]4(C)[C@H]3C[C@H](O)[C@]12C.O. The summed E-state index contributed by atoms with van der Waals surface area (Å²) in [6.07, 6.45) is 7.35. The molecular formula is C32H60N2O8S. The molecule has 1 unspecified atom stereocenters. The Balaban J connectivity index is 0.00000506. The fourth-order valence-electron chi connectivity index (χ4n) is 10.3. The van der Waals surface area contributed by atoms with Crippen molar-refractivity contribution in [2.45, 2.75) is 110 Å². The molecule has 0 aromatic heterocycles. The van der Waals surface area contributed by atoms with Gasteiger partial charge >= 0.3 is 0 Å². The Bertz CT molecular complexity index is 1060. The van der Waals surface area contributed by atoms with Crippen LogP contribution in [0.3, 0.4) is 0 Å². The van der Waals surface area contributed by atoms with Crippen molar-refractivity contribution in [1.29, 1.82) is 0 Å². The molecule has 0 spiro atoms.